The molecule has 0 aliphatic rings. The molecule has 3 aromatic rings. The van der Waals surface area contributed by atoms with Gasteiger partial charge in [0, 0.05) is 24.2 Å². The molecule has 22 heavy (non-hydrogen) atoms. The number of rotatable bonds is 4. The summed E-state index contributed by atoms with van der Waals surface area (Å²) in [6.07, 6.45) is 0. The van der Waals surface area contributed by atoms with Gasteiger partial charge in [-0.1, -0.05) is 35.1 Å². The summed E-state index contributed by atoms with van der Waals surface area (Å²) < 4.78 is 1.06. The lowest BCUT2D eigenvalue weighted by Gasteiger charge is -2.04. The molecule has 0 saturated heterocycles. The maximum Gasteiger partial charge on any atom is 0.251 e. The predicted octanol–water partition coefficient (Wildman–Crippen LogP) is 3.92. The summed E-state index contributed by atoms with van der Waals surface area (Å²) in [6.45, 7) is 0.654. The number of hydrogen-bond donors (Lipinski definition) is 2. The van der Waals surface area contributed by atoms with Gasteiger partial charge >= 0.3 is 0 Å². The fourth-order valence-electron chi connectivity index (χ4n) is 2.07. The Kier molecular flexibility index (Phi) is 4.27. The Morgan fingerprint density at radius 2 is 2.00 bits per heavy atom. The Bertz CT molecular complexity index is 814. The molecule has 0 saturated carbocycles. The Hall–Kier alpha value is -2.11. The highest BCUT2D eigenvalue weighted by Crippen LogP contribution is 2.28. The van der Waals surface area contributed by atoms with Gasteiger partial charge in [0.25, 0.3) is 5.91 Å². The second-order valence-corrected chi connectivity index (χ2v) is 6.23. The van der Waals surface area contributed by atoms with Crippen LogP contribution in [-0.2, 0) is 6.54 Å². The molecule has 0 spiro atoms. The van der Waals surface area contributed by atoms with Gasteiger partial charge in [0.05, 0.1) is 10.2 Å². The van der Waals surface area contributed by atoms with Crippen molar-refractivity contribution in [3.8, 4) is 0 Å². The molecule has 6 heteroatoms. The monoisotopic (exact) mass is 331 g/mol. The van der Waals surface area contributed by atoms with E-state index < -0.39 is 0 Å². The molecule has 1 aromatic heterocycles. The summed E-state index contributed by atoms with van der Waals surface area (Å²) >= 11 is 7.55. The van der Waals surface area contributed by atoms with Crippen molar-refractivity contribution >= 4 is 44.2 Å². The Morgan fingerprint density at radius 3 is 2.73 bits per heavy atom. The van der Waals surface area contributed by atoms with Crippen LogP contribution in [0.3, 0.4) is 0 Å². The zero-order chi connectivity index (χ0) is 15.5. The van der Waals surface area contributed by atoms with Crippen molar-refractivity contribution in [1.29, 1.82) is 0 Å². The summed E-state index contributed by atoms with van der Waals surface area (Å²) in [5.41, 5.74) is 2.68. The standard InChI is InChI=1S/C16H14ClN3OS/c1-18-15(21)11-4-2-10(3-5-11)9-19-16-20-13-7-6-12(17)8-14(13)22-16/h2-8H,9H2,1H3,(H,18,21)(H,19,20). The second-order valence-electron chi connectivity index (χ2n) is 4.76. The lowest BCUT2D eigenvalue weighted by atomic mass is 10.1. The molecular weight excluding hydrogens is 318 g/mol. The number of thiazole rings is 1. The van der Waals surface area contributed by atoms with Gasteiger partial charge < -0.3 is 10.6 Å². The first kappa shape index (κ1) is 14.8. The lowest BCUT2D eigenvalue weighted by Crippen LogP contribution is -2.17. The van der Waals surface area contributed by atoms with Crippen LogP contribution in [0.25, 0.3) is 10.2 Å². The van der Waals surface area contributed by atoms with Crippen molar-refractivity contribution < 1.29 is 4.79 Å². The van der Waals surface area contributed by atoms with Gasteiger partial charge in [0.2, 0.25) is 0 Å². The first-order valence-electron chi connectivity index (χ1n) is 6.77. The summed E-state index contributed by atoms with van der Waals surface area (Å²) in [7, 11) is 1.62. The fourth-order valence-corrected chi connectivity index (χ4v) is 3.21. The number of halogens is 1. The Morgan fingerprint density at radius 1 is 1.23 bits per heavy atom. The maximum atomic E-state index is 11.5. The quantitative estimate of drug-likeness (QED) is 0.761. The summed E-state index contributed by atoms with van der Waals surface area (Å²) in [5, 5.41) is 7.47. The van der Waals surface area contributed by atoms with Crippen molar-refractivity contribution in [2.75, 3.05) is 12.4 Å². The number of hydrogen-bond acceptors (Lipinski definition) is 4. The lowest BCUT2D eigenvalue weighted by molar-refractivity contribution is 0.0963. The van der Waals surface area contributed by atoms with Gasteiger partial charge in [-0.05, 0) is 35.9 Å². The highest BCUT2D eigenvalue weighted by atomic mass is 35.5. The molecule has 1 heterocycles. The van der Waals surface area contributed by atoms with Gasteiger partial charge in [-0.15, -0.1) is 0 Å². The van der Waals surface area contributed by atoms with E-state index in [1.807, 2.05) is 42.5 Å². The normalized spacial score (nSPS) is 10.6. The number of nitrogens with zero attached hydrogens (tertiary/aromatic N) is 1. The molecule has 0 radical (unpaired) electrons. The number of aromatic nitrogens is 1. The third-order valence-electron chi connectivity index (χ3n) is 3.24. The van der Waals surface area contributed by atoms with E-state index in [2.05, 4.69) is 15.6 Å². The van der Waals surface area contributed by atoms with Gasteiger partial charge in [-0.25, -0.2) is 4.98 Å². The molecule has 0 bridgehead atoms. The molecule has 0 atom stereocenters. The minimum Gasteiger partial charge on any atom is -0.357 e. The molecule has 2 N–H and O–H groups in total. The average molecular weight is 332 g/mol. The van der Waals surface area contributed by atoms with Gasteiger partial charge in [0.15, 0.2) is 5.13 Å². The van der Waals surface area contributed by atoms with Crippen molar-refractivity contribution in [2.24, 2.45) is 0 Å². The molecule has 1 amide bonds. The Labute approximate surface area is 137 Å². The molecule has 2 aromatic carbocycles. The van der Waals surface area contributed by atoms with Crippen LogP contribution in [-0.4, -0.2) is 17.9 Å². The van der Waals surface area contributed by atoms with Crippen LogP contribution in [0.4, 0.5) is 5.13 Å². The highest BCUT2D eigenvalue weighted by Gasteiger charge is 2.05. The van der Waals surface area contributed by atoms with Gasteiger partial charge in [-0.2, -0.15) is 0 Å². The maximum absolute atomic E-state index is 11.5. The highest BCUT2D eigenvalue weighted by molar-refractivity contribution is 7.22. The molecule has 3 rings (SSSR count). The van der Waals surface area contributed by atoms with E-state index in [1.165, 1.54) is 0 Å². The van der Waals surface area contributed by atoms with Crippen LogP contribution in [0.2, 0.25) is 5.02 Å². The van der Waals surface area contributed by atoms with Crippen LogP contribution in [0.15, 0.2) is 42.5 Å². The molecule has 4 nitrogen and oxygen atoms in total. The largest absolute Gasteiger partial charge is 0.357 e. The van der Waals surface area contributed by atoms with E-state index in [1.54, 1.807) is 18.4 Å². The van der Waals surface area contributed by atoms with Crippen LogP contribution >= 0.6 is 22.9 Å². The molecule has 0 aliphatic heterocycles. The van der Waals surface area contributed by atoms with E-state index >= 15 is 0 Å². The van der Waals surface area contributed by atoms with Crippen molar-refractivity contribution in [1.82, 2.24) is 10.3 Å². The SMILES string of the molecule is CNC(=O)c1ccc(CNc2nc3ccc(Cl)cc3s2)cc1. The molecule has 0 unspecified atom stereocenters. The zero-order valence-electron chi connectivity index (χ0n) is 11.9. The third-order valence-corrected chi connectivity index (χ3v) is 4.45. The van der Waals surface area contributed by atoms with Crippen LogP contribution < -0.4 is 10.6 Å². The van der Waals surface area contributed by atoms with Crippen molar-refractivity contribution in [3.63, 3.8) is 0 Å². The van der Waals surface area contributed by atoms with Gasteiger partial charge in [-0.3, -0.25) is 4.79 Å². The first-order valence-corrected chi connectivity index (χ1v) is 7.96. The predicted molar refractivity (Wildman–Crippen MR) is 91.8 cm³/mol. The number of nitrogens with one attached hydrogen (secondary N) is 2. The minimum atomic E-state index is -0.0810. The number of carbonyl (C=O) groups excluding carboxylic acids is 1. The second kappa shape index (κ2) is 6.34. The minimum absolute atomic E-state index is 0.0810. The van der Waals surface area contributed by atoms with E-state index in [-0.39, 0.29) is 5.91 Å². The average Bonchev–Trinajstić information content (AvgIpc) is 2.94. The Balaban J connectivity index is 1.69. The van der Waals surface area contributed by atoms with Crippen LogP contribution in [0.5, 0.6) is 0 Å². The smallest absolute Gasteiger partial charge is 0.251 e. The van der Waals surface area contributed by atoms with E-state index in [0.717, 1.165) is 20.9 Å². The first-order chi connectivity index (χ1) is 10.7. The molecule has 0 fully saturated rings. The summed E-state index contributed by atoms with van der Waals surface area (Å²) in [6, 6.07) is 13.2. The molecule has 0 aliphatic carbocycles. The number of amides is 1. The number of fused-ring (bicyclic) bond motifs is 1. The van der Waals surface area contributed by atoms with Gasteiger partial charge in [0.1, 0.15) is 0 Å². The fraction of sp³-hybridized carbons (Fsp3) is 0.125. The molecular formula is C16H14ClN3OS. The third kappa shape index (κ3) is 3.21. The van der Waals surface area contributed by atoms with E-state index in [9.17, 15) is 4.79 Å². The van der Waals surface area contributed by atoms with E-state index in [0.29, 0.717) is 17.1 Å². The van der Waals surface area contributed by atoms with Crippen LogP contribution in [0, 0.1) is 0 Å². The van der Waals surface area contributed by atoms with Crippen LogP contribution in [0.1, 0.15) is 15.9 Å². The topological polar surface area (TPSA) is 54.0 Å². The zero-order valence-corrected chi connectivity index (χ0v) is 13.5. The molecule has 112 valence electrons. The van der Waals surface area contributed by atoms with E-state index in [4.69, 9.17) is 11.6 Å². The number of anilines is 1. The summed E-state index contributed by atoms with van der Waals surface area (Å²) in [4.78, 5) is 16.0. The number of benzene rings is 2. The summed E-state index contributed by atoms with van der Waals surface area (Å²) in [5.74, 6) is -0.0810. The number of carbonyl (C=O) groups is 1. The van der Waals surface area contributed by atoms with Crippen molar-refractivity contribution in [3.05, 3.63) is 58.6 Å². The van der Waals surface area contributed by atoms with Crippen molar-refractivity contribution in [2.45, 2.75) is 6.54 Å².